The molecule has 0 unspecified atom stereocenters. The number of carbonyl (C=O) groups excluding carboxylic acids is 1. The summed E-state index contributed by atoms with van der Waals surface area (Å²) in [6, 6.07) is 1.70. The van der Waals surface area contributed by atoms with Crippen molar-refractivity contribution < 1.29 is 9.32 Å². The van der Waals surface area contributed by atoms with Crippen molar-refractivity contribution in [3.8, 4) is 0 Å². The van der Waals surface area contributed by atoms with Gasteiger partial charge >= 0.3 is 0 Å². The van der Waals surface area contributed by atoms with Crippen LogP contribution in [0.15, 0.2) is 22.1 Å². The Hall–Kier alpha value is -1.83. The Morgan fingerprint density at radius 2 is 2.38 bits per heavy atom. The van der Waals surface area contributed by atoms with Crippen LogP contribution >= 0.6 is 11.8 Å². The molecule has 2 heterocycles. The lowest BCUT2D eigenvalue weighted by Gasteiger charge is -2.14. The maximum absolute atomic E-state index is 12.4. The molecule has 0 aliphatic heterocycles. The van der Waals surface area contributed by atoms with Crippen LogP contribution in [-0.2, 0) is 11.8 Å². The lowest BCUT2D eigenvalue weighted by Crippen LogP contribution is -2.25. The summed E-state index contributed by atoms with van der Waals surface area (Å²) in [6.45, 7) is 3.88. The minimum Gasteiger partial charge on any atom is -0.360 e. The fraction of sp³-hybridized carbons (Fsp3) is 0.538. The summed E-state index contributed by atoms with van der Waals surface area (Å²) in [5.74, 6) is 1.01. The summed E-state index contributed by atoms with van der Waals surface area (Å²) in [6.07, 6.45) is 4.40. The van der Waals surface area contributed by atoms with Gasteiger partial charge in [-0.2, -0.15) is 0 Å². The molecular weight excluding hydrogens is 290 g/mol. The highest BCUT2D eigenvalue weighted by atomic mass is 32.2. The number of hydrogen-bond donors (Lipinski definition) is 1. The van der Waals surface area contributed by atoms with Gasteiger partial charge in [-0.1, -0.05) is 36.7 Å². The normalized spacial score (nSPS) is 12.3. The summed E-state index contributed by atoms with van der Waals surface area (Å²) >= 11 is 1.42. The zero-order valence-corrected chi connectivity index (χ0v) is 13.2. The van der Waals surface area contributed by atoms with Gasteiger partial charge in [-0.05, 0) is 13.3 Å². The van der Waals surface area contributed by atoms with Gasteiger partial charge in [-0.3, -0.25) is 4.79 Å². The van der Waals surface area contributed by atoms with Gasteiger partial charge in [0.25, 0.3) is 0 Å². The minimum absolute atomic E-state index is 0.0928. The second-order valence-corrected chi connectivity index (χ2v) is 5.96. The number of rotatable bonds is 7. The van der Waals surface area contributed by atoms with E-state index < -0.39 is 0 Å². The van der Waals surface area contributed by atoms with Crippen molar-refractivity contribution in [3.05, 3.63) is 18.2 Å². The van der Waals surface area contributed by atoms with Gasteiger partial charge in [0.2, 0.25) is 5.91 Å². The van der Waals surface area contributed by atoms with Gasteiger partial charge in [0.1, 0.15) is 12.1 Å². The number of nitrogens with zero attached hydrogens (tertiary/aromatic N) is 4. The van der Waals surface area contributed by atoms with Crippen LogP contribution in [-0.4, -0.2) is 31.1 Å². The van der Waals surface area contributed by atoms with Crippen molar-refractivity contribution in [2.45, 2.75) is 43.5 Å². The summed E-state index contributed by atoms with van der Waals surface area (Å²) in [4.78, 5) is 12.4. The molecule has 1 N–H and O–H groups in total. The molecule has 0 saturated heterocycles. The Balaban J connectivity index is 2.03. The van der Waals surface area contributed by atoms with Crippen LogP contribution in [0.25, 0.3) is 0 Å². The number of nitrogens with one attached hydrogen (secondary N) is 1. The highest BCUT2D eigenvalue weighted by Gasteiger charge is 2.22. The van der Waals surface area contributed by atoms with Crippen molar-refractivity contribution in [3.63, 3.8) is 0 Å². The van der Waals surface area contributed by atoms with Gasteiger partial charge in [0.05, 0.1) is 5.25 Å². The van der Waals surface area contributed by atoms with Crippen LogP contribution in [0.3, 0.4) is 0 Å². The zero-order valence-electron chi connectivity index (χ0n) is 12.4. The number of aryl methyl sites for hydroxylation is 2. The Morgan fingerprint density at radius 3 is 2.95 bits per heavy atom. The van der Waals surface area contributed by atoms with Crippen molar-refractivity contribution >= 4 is 23.5 Å². The van der Waals surface area contributed by atoms with Crippen LogP contribution in [0.2, 0.25) is 0 Å². The maximum atomic E-state index is 12.4. The minimum atomic E-state index is -0.232. The van der Waals surface area contributed by atoms with E-state index in [4.69, 9.17) is 4.52 Å². The molecule has 0 radical (unpaired) electrons. The number of unbranched alkanes of at least 4 members (excludes halogenated alkanes) is 1. The van der Waals surface area contributed by atoms with Crippen LogP contribution in [0.1, 0.15) is 31.9 Å². The first kappa shape index (κ1) is 15.6. The standard InChI is InChI=1S/C13H19N5O2S/c1-4-5-6-10(21-13-16-14-8-18(13)3)12(19)15-11-7-9(2)20-17-11/h7-8,10H,4-6H2,1-3H3,(H,15,17,19)/t10-/m1/s1. The molecule has 7 nitrogen and oxygen atoms in total. The number of carbonyl (C=O) groups is 1. The summed E-state index contributed by atoms with van der Waals surface area (Å²) in [7, 11) is 1.86. The van der Waals surface area contributed by atoms with Crippen molar-refractivity contribution in [1.29, 1.82) is 0 Å². The lowest BCUT2D eigenvalue weighted by molar-refractivity contribution is -0.115. The third-order valence-corrected chi connectivity index (χ3v) is 4.22. The van der Waals surface area contributed by atoms with Gasteiger partial charge in [0, 0.05) is 13.1 Å². The fourth-order valence-electron chi connectivity index (χ4n) is 1.77. The van der Waals surface area contributed by atoms with E-state index in [0.717, 1.165) is 24.4 Å². The Kier molecular flexibility index (Phi) is 5.38. The second-order valence-electron chi connectivity index (χ2n) is 4.79. The third kappa shape index (κ3) is 4.32. The molecule has 2 rings (SSSR count). The van der Waals surface area contributed by atoms with Crippen LogP contribution < -0.4 is 5.32 Å². The first-order chi connectivity index (χ1) is 10.1. The maximum Gasteiger partial charge on any atom is 0.239 e. The van der Waals surface area contributed by atoms with Gasteiger partial charge in [0.15, 0.2) is 11.0 Å². The Morgan fingerprint density at radius 1 is 1.57 bits per heavy atom. The van der Waals surface area contributed by atoms with E-state index in [1.165, 1.54) is 11.8 Å². The largest absolute Gasteiger partial charge is 0.360 e. The molecule has 0 spiro atoms. The van der Waals surface area contributed by atoms with Crippen molar-refractivity contribution in [1.82, 2.24) is 19.9 Å². The molecule has 21 heavy (non-hydrogen) atoms. The summed E-state index contributed by atoms with van der Waals surface area (Å²) < 4.78 is 6.76. The predicted octanol–water partition coefficient (Wildman–Crippen LogP) is 2.40. The second kappa shape index (κ2) is 7.26. The van der Waals surface area contributed by atoms with E-state index in [2.05, 4.69) is 27.6 Å². The monoisotopic (exact) mass is 309 g/mol. The molecule has 1 amide bonds. The average molecular weight is 309 g/mol. The zero-order chi connectivity index (χ0) is 15.2. The molecule has 114 valence electrons. The van der Waals surface area contributed by atoms with E-state index in [1.54, 1.807) is 23.9 Å². The fourth-order valence-corrected chi connectivity index (χ4v) is 2.78. The Labute approximate surface area is 127 Å². The molecule has 0 aliphatic rings. The highest BCUT2D eigenvalue weighted by Crippen LogP contribution is 2.25. The molecule has 0 aromatic carbocycles. The molecule has 8 heteroatoms. The van der Waals surface area contributed by atoms with Gasteiger partial charge < -0.3 is 14.4 Å². The number of thioether (sulfide) groups is 1. The Bertz CT molecular complexity index is 595. The number of aromatic nitrogens is 4. The van der Waals surface area contributed by atoms with Gasteiger partial charge in [-0.15, -0.1) is 10.2 Å². The molecule has 2 aromatic rings. The first-order valence-corrected chi connectivity index (χ1v) is 7.73. The topological polar surface area (TPSA) is 85.8 Å². The van der Waals surface area contributed by atoms with Crippen LogP contribution in [0.4, 0.5) is 5.82 Å². The van der Waals surface area contributed by atoms with Gasteiger partial charge in [-0.25, -0.2) is 0 Å². The quantitative estimate of drug-likeness (QED) is 0.790. The summed E-state index contributed by atoms with van der Waals surface area (Å²) in [5, 5.41) is 14.9. The van der Waals surface area contributed by atoms with E-state index in [1.807, 2.05) is 7.05 Å². The van der Waals surface area contributed by atoms with Crippen molar-refractivity contribution in [2.75, 3.05) is 5.32 Å². The number of amides is 1. The number of hydrogen-bond acceptors (Lipinski definition) is 6. The molecule has 0 aliphatic carbocycles. The molecular formula is C13H19N5O2S. The van der Waals surface area contributed by atoms with E-state index in [0.29, 0.717) is 11.6 Å². The average Bonchev–Trinajstić information content (AvgIpc) is 3.03. The number of anilines is 1. The SMILES string of the molecule is CCCC[C@@H](Sc1nncn1C)C(=O)Nc1cc(C)on1. The predicted molar refractivity (Wildman–Crippen MR) is 80.0 cm³/mol. The molecule has 1 atom stereocenters. The highest BCUT2D eigenvalue weighted by molar-refractivity contribution is 8.00. The third-order valence-electron chi connectivity index (χ3n) is 2.91. The lowest BCUT2D eigenvalue weighted by atomic mass is 10.2. The first-order valence-electron chi connectivity index (χ1n) is 6.85. The van der Waals surface area contributed by atoms with Crippen LogP contribution in [0.5, 0.6) is 0 Å². The van der Waals surface area contributed by atoms with Crippen molar-refractivity contribution in [2.24, 2.45) is 7.05 Å². The van der Waals surface area contributed by atoms with E-state index in [-0.39, 0.29) is 11.2 Å². The smallest absolute Gasteiger partial charge is 0.239 e. The van der Waals surface area contributed by atoms with E-state index in [9.17, 15) is 4.79 Å². The molecule has 0 saturated carbocycles. The van der Waals surface area contributed by atoms with Crippen LogP contribution in [0, 0.1) is 6.92 Å². The summed E-state index contributed by atoms with van der Waals surface area (Å²) in [5.41, 5.74) is 0. The van der Waals surface area contributed by atoms with E-state index >= 15 is 0 Å². The molecule has 2 aromatic heterocycles. The molecule has 0 bridgehead atoms. The molecule has 0 fully saturated rings.